The fourth-order valence-electron chi connectivity index (χ4n) is 1.50. The predicted octanol–water partition coefficient (Wildman–Crippen LogP) is 5.55. The quantitative estimate of drug-likeness (QED) is 0.716. The lowest BCUT2D eigenvalue weighted by Crippen LogP contribution is -2.13. The van der Waals surface area contributed by atoms with Crippen LogP contribution in [0.25, 0.3) is 0 Å². The molecule has 0 atom stereocenters. The first-order valence-electron chi connectivity index (χ1n) is 5.19. The number of nitrogens with one attached hydrogen (secondary N) is 1. The highest BCUT2D eigenvalue weighted by atomic mass is 35.5. The predicted molar refractivity (Wildman–Crippen MR) is 80.9 cm³/mol. The van der Waals surface area contributed by atoms with Gasteiger partial charge in [0.15, 0.2) is 0 Å². The number of amides is 1. The van der Waals surface area contributed by atoms with Gasteiger partial charge in [-0.3, -0.25) is 4.79 Å². The maximum absolute atomic E-state index is 12.1. The summed E-state index contributed by atoms with van der Waals surface area (Å²) in [4.78, 5) is 12.1. The van der Waals surface area contributed by atoms with E-state index in [2.05, 4.69) is 5.32 Å². The van der Waals surface area contributed by atoms with Crippen LogP contribution in [0.5, 0.6) is 0 Å². The summed E-state index contributed by atoms with van der Waals surface area (Å²) in [7, 11) is 0. The molecule has 1 amide bonds. The molecule has 0 radical (unpaired) electrons. The SMILES string of the molecule is O=C(Nc1cccc(Cl)c1)c1c(Cl)ccc(Cl)c1Cl. The maximum atomic E-state index is 12.1. The first-order chi connectivity index (χ1) is 8.99. The second-order valence-corrected chi connectivity index (χ2v) is 5.31. The number of halogens is 4. The van der Waals surface area contributed by atoms with Crippen molar-refractivity contribution in [2.45, 2.75) is 0 Å². The molecular weight excluding hydrogens is 328 g/mol. The number of rotatable bonds is 2. The van der Waals surface area contributed by atoms with Gasteiger partial charge in [-0.25, -0.2) is 0 Å². The molecule has 19 heavy (non-hydrogen) atoms. The first-order valence-corrected chi connectivity index (χ1v) is 6.70. The standard InChI is InChI=1S/C13H7Cl4NO/c14-7-2-1-3-8(6-7)18-13(19)11-9(15)4-5-10(16)12(11)17/h1-6H,(H,18,19). The Labute approximate surface area is 130 Å². The third kappa shape index (κ3) is 3.34. The van der Waals surface area contributed by atoms with Crippen LogP contribution in [0.15, 0.2) is 36.4 Å². The van der Waals surface area contributed by atoms with E-state index in [1.807, 2.05) is 0 Å². The van der Waals surface area contributed by atoms with Crippen molar-refractivity contribution in [1.82, 2.24) is 0 Å². The van der Waals surface area contributed by atoms with Crippen molar-refractivity contribution in [2.75, 3.05) is 5.32 Å². The molecule has 0 saturated carbocycles. The van der Waals surface area contributed by atoms with Gasteiger partial charge in [-0.05, 0) is 30.3 Å². The summed E-state index contributed by atoms with van der Waals surface area (Å²) in [6, 6.07) is 9.79. The minimum absolute atomic E-state index is 0.119. The van der Waals surface area contributed by atoms with Gasteiger partial charge in [0.2, 0.25) is 0 Å². The van der Waals surface area contributed by atoms with Crippen LogP contribution in [0.2, 0.25) is 20.1 Å². The molecule has 2 aromatic rings. The van der Waals surface area contributed by atoms with Gasteiger partial charge in [0, 0.05) is 10.7 Å². The van der Waals surface area contributed by atoms with E-state index < -0.39 is 5.91 Å². The van der Waals surface area contributed by atoms with E-state index in [1.165, 1.54) is 12.1 Å². The number of hydrogen-bond acceptors (Lipinski definition) is 1. The second-order valence-electron chi connectivity index (χ2n) is 3.68. The molecule has 98 valence electrons. The van der Waals surface area contributed by atoms with Crippen LogP contribution in [0.1, 0.15) is 10.4 Å². The highest BCUT2D eigenvalue weighted by Crippen LogP contribution is 2.32. The van der Waals surface area contributed by atoms with Crippen LogP contribution < -0.4 is 5.32 Å². The van der Waals surface area contributed by atoms with E-state index in [4.69, 9.17) is 46.4 Å². The van der Waals surface area contributed by atoms with E-state index in [0.29, 0.717) is 10.7 Å². The van der Waals surface area contributed by atoms with Gasteiger partial charge in [0.1, 0.15) is 0 Å². The van der Waals surface area contributed by atoms with Crippen LogP contribution in [-0.2, 0) is 0 Å². The monoisotopic (exact) mass is 333 g/mol. The molecule has 2 aromatic carbocycles. The molecule has 2 rings (SSSR count). The average molecular weight is 335 g/mol. The van der Waals surface area contributed by atoms with E-state index in [1.54, 1.807) is 24.3 Å². The second kappa shape index (κ2) is 6.02. The summed E-state index contributed by atoms with van der Waals surface area (Å²) in [5.41, 5.74) is 0.681. The summed E-state index contributed by atoms with van der Waals surface area (Å²) in [5.74, 6) is -0.445. The summed E-state index contributed by atoms with van der Waals surface area (Å²) >= 11 is 23.7. The maximum Gasteiger partial charge on any atom is 0.258 e. The number of hydrogen-bond donors (Lipinski definition) is 1. The largest absolute Gasteiger partial charge is 0.322 e. The molecule has 0 saturated heterocycles. The van der Waals surface area contributed by atoms with Crippen LogP contribution in [-0.4, -0.2) is 5.91 Å². The molecule has 0 aliphatic heterocycles. The van der Waals surface area contributed by atoms with Gasteiger partial charge >= 0.3 is 0 Å². The van der Waals surface area contributed by atoms with Crippen molar-refractivity contribution in [3.05, 3.63) is 62.1 Å². The zero-order valence-electron chi connectivity index (χ0n) is 9.38. The summed E-state index contributed by atoms with van der Waals surface area (Å²) in [5, 5.41) is 3.79. The van der Waals surface area contributed by atoms with E-state index in [9.17, 15) is 4.79 Å². The van der Waals surface area contributed by atoms with Crippen LogP contribution in [0.3, 0.4) is 0 Å². The molecule has 0 heterocycles. The molecule has 0 aliphatic carbocycles. The third-order valence-electron chi connectivity index (χ3n) is 2.35. The fourth-order valence-corrected chi connectivity index (χ4v) is 2.39. The van der Waals surface area contributed by atoms with Gasteiger partial charge < -0.3 is 5.32 Å². The van der Waals surface area contributed by atoms with Gasteiger partial charge in [-0.1, -0.05) is 52.5 Å². The minimum Gasteiger partial charge on any atom is -0.322 e. The number of carbonyl (C=O) groups is 1. The van der Waals surface area contributed by atoms with Gasteiger partial charge in [0.05, 0.1) is 20.6 Å². The Kier molecular flexibility index (Phi) is 4.58. The fraction of sp³-hybridized carbons (Fsp3) is 0. The number of anilines is 1. The van der Waals surface area contributed by atoms with Crippen molar-refractivity contribution in [3.63, 3.8) is 0 Å². The minimum atomic E-state index is -0.445. The normalized spacial score (nSPS) is 10.3. The van der Waals surface area contributed by atoms with Crippen molar-refractivity contribution >= 4 is 58.0 Å². The molecule has 6 heteroatoms. The van der Waals surface area contributed by atoms with Crippen LogP contribution >= 0.6 is 46.4 Å². The van der Waals surface area contributed by atoms with Gasteiger partial charge in [-0.2, -0.15) is 0 Å². The Morgan fingerprint density at radius 2 is 1.63 bits per heavy atom. The molecule has 0 aliphatic rings. The topological polar surface area (TPSA) is 29.1 Å². The van der Waals surface area contributed by atoms with Crippen molar-refractivity contribution in [2.24, 2.45) is 0 Å². The Morgan fingerprint density at radius 3 is 2.32 bits per heavy atom. The van der Waals surface area contributed by atoms with E-state index in [0.717, 1.165) is 0 Å². The summed E-state index contributed by atoms with van der Waals surface area (Å²) in [6.45, 7) is 0. The molecule has 0 fully saturated rings. The molecule has 1 N–H and O–H groups in total. The Morgan fingerprint density at radius 1 is 0.947 bits per heavy atom. The van der Waals surface area contributed by atoms with Gasteiger partial charge in [0.25, 0.3) is 5.91 Å². The first kappa shape index (κ1) is 14.5. The van der Waals surface area contributed by atoms with Crippen molar-refractivity contribution in [1.29, 1.82) is 0 Å². The smallest absolute Gasteiger partial charge is 0.258 e. The molecule has 2 nitrogen and oxygen atoms in total. The lowest BCUT2D eigenvalue weighted by atomic mass is 10.2. The summed E-state index contributed by atoms with van der Waals surface area (Å²) in [6.07, 6.45) is 0. The molecular formula is C13H7Cl4NO. The van der Waals surface area contributed by atoms with Gasteiger partial charge in [-0.15, -0.1) is 0 Å². The van der Waals surface area contributed by atoms with Crippen molar-refractivity contribution < 1.29 is 4.79 Å². The zero-order valence-corrected chi connectivity index (χ0v) is 12.4. The average Bonchev–Trinajstić information content (AvgIpc) is 2.34. The number of carbonyl (C=O) groups excluding carboxylic acids is 1. The molecule has 0 spiro atoms. The van der Waals surface area contributed by atoms with E-state index in [-0.39, 0.29) is 20.6 Å². The number of benzene rings is 2. The Hall–Kier alpha value is -0.930. The van der Waals surface area contributed by atoms with Crippen LogP contribution in [0.4, 0.5) is 5.69 Å². The Bertz CT molecular complexity index is 643. The highest BCUT2D eigenvalue weighted by molar-refractivity contribution is 6.46. The Balaban J connectivity index is 2.33. The lowest BCUT2D eigenvalue weighted by Gasteiger charge is -2.09. The highest BCUT2D eigenvalue weighted by Gasteiger charge is 2.17. The summed E-state index contributed by atoms with van der Waals surface area (Å²) < 4.78 is 0. The third-order valence-corrected chi connectivity index (χ3v) is 3.71. The van der Waals surface area contributed by atoms with Crippen molar-refractivity contribution in [3.8, 4) is 0 Å². The zero-order chi connectivity index (χ0) is 14.0. The molecule has 0 bridgehead atoms. The molecule has 0 aromatic heterocycles. The van der Waals surface area contributed by atoms with Crippen LogP contribution in [0, 0.1) is 0 Å². The molecule has 0 unspecified atom stereocenters. The van der Waals surface area contributed by atoms with E-state index >= 15 is 0 Å². The lowest BCUT2D eigenvalue weighted by molar-refractivity contribution is 0.102.